The largest absolute Gasteiger partial charge is 0.481 e. The second-order valence-corrected chi connectivity index (χ2v) is 3.77. The van der Waals surface area contributed by atoms with Crippen molar-refractivity contribution in [2.45, 2.75) is 18.9 Å². The zero-order chi connectivity index (χ0) is 12.4. The van der Waals surface area contributed by atoms with E-state index in [4.69, 9.17) is 20.3 Å². The van der Waals surface area contributed by atoms with E-state index in [0.29, 0.717) is 11.5 Å². The topological polar surface area (TPSA) is 81.8 Å². The van der Waals surface area contributed by atoms with Crippen molar-refractivity contribution in [1.82, 2.24) is 0 Å². The summed E-state index contributed by atoms with van der Waals surface area (Å²) in [5.74, 6) is -0.683. The van der Waals surface area contributed by atoms with E-state index in [9.17, 15) is 9.18 Å². The van der Waals surface area contributed by atoms with Gasteiger partial charge in [0.25, 0.3) is 0 Å². The lowest BCUT2D eigenvalue weighted by Crippen LogP contribution is -2.13. The first-order valence-electron chi connectivity index (χ1n) is 5.14. The molecule has 0 saturated carbocycles. The average Bonchev–Trinajstić information content (AvgIpc) is 2.71. The summed E-state index contributed by atoms with van der Waals surface area (Å²) in [7, 11) is 0. The number of carboxylic acids is 1. The fourth-order valence-corrected chi connectivity index (χ4v) is 1.65. The van der Waals surface area contributed by atoms with Gasteiger partial charge in [-0.25, -0.2) is 4.39 Å². The molecule has 0 spiro atoms. The molecule has 0 radical (unpaired) electrons. The summed E-state index contributed by atoms with van der Waals surface area (Å²) < 4.78 is 23.8. The van der Waals surface area contributed by atoms with Crippen molar-refractivity contribution in [1.29, 1.82) is 0 Å². The first-order valence-corrected chi connectivity index (χ1v) is 5.14. The molecule has 1 aliphatic rings. The van der Waals surface area contributed by atoms with Crippen molar-refractivity contribution < 1.29 is 23.8 Å². The van der Waals surface area contributed by atoms with Gasteiger partial charge in [-0.05, 0) is 12.5 Å². The van der Waals surface area contributed by atoms with Gasteiger partial charge in [-0.15, -0.1) is 0 Å². The van der Waals surface area contributed by atoms with E-state index in [1.807, 2.05) is 0 Å². The number of benzene rings is 1. The number of hydrogen-bond acceptors (Lipinski definition) is 4. The third-order valence-electron chi connectivity index (χ3n) is 2.56. The zero-order valence-corrected chi connectivity index (χ0v) is 8.98. The fourth-order valence-electron chi connectivity index (χ4n) is 1.65. The number of ether oxygens (including phenoxy) is 2. The van der Waals surface area contributed by atoms with Crippen LogP contribution in [0.2, 0.25) is 0 Å². The van der Waals surface area contributed by atoms with Crippen molar-refractivity contribution in [2.75, 3.05) is 6.79 Å². The Labute approximate surface area is 96.9 Å². The van der Waals surface area contributed by atoms with Crippen LogP contribution >= 0.6 is 0 Å². The van der Waals surface area contributed by atoms with Gasteiger partial charge in [0.2, 0.25) is 6.79 Å². The minimum absolute atomic E-state index is 0.0581. The predicted octanol–water partition coefficient (Wildman–Crippen LogP) is 1.42. The number of rotatable bonds is 4. The van der Waals surface area contributed by atoms with Crippen LogP contribution in [0.15, 0.2) is 12.1 Å². The summed E-state index contributed by atoms with van der Waals surface area (Å²) >= 11 is 0. The maximum Gasteiger partial charge on any atom is 0.303 e. The van der Waals surface area contributed by atoms with Crippen molar-refractivity contribution >= 4 is 5.97 Å². The quantitative estimate of drug-likeness (QED) is 0.833. The Morgan fingerprint density at radius 3 is 2.76 bits per heavy atom. The van der Waals surface area contributed by atoms with Crippen LogP contribution in [0.25, 0.3) is 0 Å². The molecule has 0 aromatic heterocycles. The highest BCUT2D eigenvalue weighted by Crippen LogP contribution is 2.36. The molecule has 1 aromatic carbocycles. The van der Waals surface area contributed by atoms with E-state index in [1.165, 1.54) is 12.1 Å². The van der Waals surface area contributed by atoms with Crippen LogP contribution < -0.4 is 15.2 Å². The van der Waals surface area contributed by atoms with E-state index in [2.05, 4.69) is 0 Å². The Morgan fingerprint density at radius 2 is 2.12 bits per heavy atom. The van der Waals surface area contributed by atoms with E-state index in [0.717, 1.165) is 0 Å². The maximum absolute atomic E-state index is 13.7. The Bertz CT molecular complexity index is 449. The second kappa shape index (κ2) is 4.58. The van der Waals surface area contributed by atoms with Crippen LogP contribution in [0.3, 0.4) is 0 Å². The number of carbonyl (C=O) groups is 1. The molecule has 6 heteroatoms. The normalized spacial score (nSPS) is 14.7. The van der Waals surface area contributed by atoms with Crippen LogP contribution in [-0.2, 0) is 4.79 Å². The van der Waals surface area contributed by atoms with Crippen LogP contribution in [-0.4, -0.2) is 17.9 Å². The minimum Gasteiger partial charge on any atom is -0.481 e. The van der Waals surface area contributed by atoms with Crippen LogP contribution in [0.4, 0.5) is 4.39 Å². The third kappa shape index (κ3) is 2.47. The van der Waals surface area contributed by atoms with Crippen molar-refractivity contribution in [2.24, 2.45) is 5.73 Å². The molecule has 5 nitrogen and oxygen atoms in total. The molecule has 1 atom stereocenters. The molecule has 2 rings (SSSR count). The molecule has 0 bridgehead atoms. The first-order chi connectivity index (χ1) is 8.08. The van der Waals surface area contributed by atoms with Crippen molar-refractivity contribution in [3.05, 3.63) is 23.5 Å². The van der Waals surface area contributed by atoms with Gasteiger partial charge in [-0.2, -0.15) is 0 Å². The maximum atomic E-state index is 13.7. The molecule has 0 saturated heterocycles. The number of halogens is 1. The molecule has 0 amide bonds. The van der Waals surface area contributed by atoms with Gasteiger partial charge in [0, 0.05) is 24.1 Å². The zero-order valence-electron chi connectivity index (χ0n) is 8.98. The number of aliphatic carboxylic acids is 1. The molecule has 0 aliphatic carbocycles. The molecule has 92 valence electrons. The SMILES string of the molecule is NC(CCC(=O)O)c1cc2c(cc1F)OCO2. The average molecular weight is 241 g/mol. The first kappa shape index (κ1) is 11.7. The Hall–Kier alpha value is -1.82. The van der Waals surface area contributed by atoms with Gasteiger partial charge < -0.3 is 20.3 Å². The molecule has 1 aliphatic heterocycles. The van der Waals surface area contributed by atoms with Crippen LogP contribution in [0.1, 0.15) is 24.4 Å². The smallest absolute Gasteiger partial charge is 0.303 e. The molecular weight excluding hydrogens is 229 g/mol. The summed E-state index contributed by atoms with van der Waals surface area (Å²) in [6, 6.07) is 2.00. The number of nitrogens with two attached hydrogens (primary N) is 1. The van der Waals surface area contributed by atoms with E-state index in [1.54, 1.807) is 0 Å². The van der Waals surface area contributed by atoms with Gasteiger partial charge in [0.1, 0.15) is 5.82 Å². The molecule has 3 N–H and O–H groups in total. The molecule has 1 unspecified atom stereocenters. The van der Waals surface area contributed by atoms with E-state index in [-0.39, 0.29) is 25.2 Å². The number of carboxylic acid groups (broad SMARTS) is 1. The molecule has 1 heterocycles. The number of hydrogen-bond donors (Lipinski definition) is 2. The Balaban J connectivity index is 2.17. The highest BCUT2D eigenvalue weighted by Gasteiger charge is 2.20. The molecule has 17 heavy (non-hydrogen) atoms. The summed E-state index contributed by atoms with van der Waals surface area (Å²) in [5.41, 5.74) is 5.98. The van der Waals surface area contributed by atoms with Gasteiger partial charge >= 0.3 is 5.97 Å². The van der Waals surface area contributed by atoms with Gasteiger partial charge in [0.05, 0.1) is 0 Å². The Morgan fingerprint density at radius 1 is 1.47 bits per heavy atom. The van der Waals surface area contributed by atoms with Crippen molar-refractivity contribution in [3.63, 3.8) is 0 Å². The van der Waals surface area contributed by atoms with Crippen LogP contribution in [0, 0.1) is 5.82 Å². The van der Waals surface area contributed by atoms with Crippen LogP contribution in [0.5, 0.6) is 11.5 Å². The van der Waals surface area contributed by atoms with Gasteiger partial charge in [-0.3, -0.25) is 4.79 Å². The van der Waals surface area contributed by atoms with Crippen molar-refractivity contribution in [3.8, 4) is 11.5 Å². The molecular formula is C11H12FNO4. The Kier molecular flexibility index (Phi) is 3.14. The predicted molar refractivity (Wildman–Crippen MR) is 56.3 cm³/mol. The summed E-state index contributed by atoms with van der Waals surface area (Å²) in [6.07, 6.45) is 0.0704. The number of fused-ring (bicyclic) bond motifs is 1. The second-order valence-electron chi connectivity index (χ2n) is 3.77. The third-order valence-corrected chi connectivity index (χ3v) is 2.56. The highest BCUT2D eigenvalue weighted by atomic mass is 19.1. The standard InChI is InChI=1S/C11H12FNO4/c12-7-4-10-9(16-5-17-10)3-6(7)8(13)1-2-11(14)15/h3-4,8H,1-2,5,13H2,(H,14,15). The monoisotopic (exact) mass is 241 g/mol. The lowest BCUT2D eigenvalue weighted by molar-refractivity contribution is -0.137. The fraction of sp³-hybridized carbons (Fsp3) is 0.364. The highest BCUT2D eigenvalue weighted by molar-refractivity contribution is 5.66. The lowest BCUT2D eigenvalue weighted by atomic mass is 10.0. The lowest BCUT2D eigenvalue weighted by Gasteiger charge is -2.12. The molecule has 0 fully saturated rings. The summed E-state index contributed by atoms with van der Waals surface area (Å²) in [6.45, 7) is 0.0581. The van der Waals surface area contributed by atoms with E-state index < -0.39 is 17.8 Å². The van der Waals surface area contributed by atoms with Gasteiger partial charge in [0.15, 0.2) is 11.5 Å². The van der Waals surface area contributed by atoms with E-state index >= 15 is 0 Å². The summed E-state index contributed by atoms with van der Waals surface area (Å²) in [5, 5.41) is 8.54. The molecule has 1 aromatic rings. The minimum atomic E-state index is -0.957. The van der Waals surface area contributed by atoms with Gasteiger partial charge in [-0.1, -0.05) is 0 Å². The summed E-state index contributed by atoms with van der Waals surface area (Å²) in [4.78, 5) is 10.4.